The van der Waals surface area contributed by atoms with Crippen LogP contribution in [-0.4, -0.2) is 44.9 Å². The van der Waals surface area contributed by atoms with Gasteiger partial charge in [-0.15, -0.1) is 0 Å². The van der Waals surface area contributed by atoms with Crippen molar-refractivity contribution in [1.29, 1.82) is 0 Å². The second-order valence-electron chi connectivity index (χ2n) is 9.91. The zero-order chi connectivity index (χ0) is 28.1. The lowest BCUT2D eigenvalue weighted by atomic mass is 9.96. The largest absolute Gasteiger partial charge is 0.457 e. The zero-order valence-corrected chi connectivity index (χ0v) is 21.7. The summed E-state index contributed by atoms with van der Waals surface area (Å²) in [6.07, 6.45) is 0. The molecule has 8 nitrogen and oxygen atoms in total. The Morgan fingerprint density at radius 2 is 0.921 bits per heavy atom. The molecule has 38 heavy (non-hydrogen) atoms. The third kappa shape index (κ3) is 7.44. The fourth-order valence-electron chi connectivity index (χ4n) is 3.52. The van der Waals surface area contributed by atoms with Crippen molar-refractivity contribution >= 4 is 23.5 Å². The van der Waals surface area contributed by atoms with Crippen molar-refractivity contribution in [3.05, 3.63) is 106 Å². The second kappa shape index (κ2) is 11.5. The molecule has 2 N–H and O–H groups in total. The van der Waals surface area contributed by atoms with Crippen molar-refractivity contribution < 1.29 is 38.9 Å². The first-order chi connectivity index (χ1) is 17.8. The first-order valence-electron chi connectivity index (χ1n) is 11.9. The van der Waals surface area contributed by atoms with Gasteiger partial charge in [-0.3, -0.25) is 9.59 Å². The molecular weight excluding hydrogens is 488 g/mol. The molecule has 0 atom stereocenters. The predicted molar refractivity (Wildman–Crippen MR) is 139 cm³/mol. The van der Waals surface area contributed by atoms with Crippen LogP contribution in [0.15, 0.2) is 72.8 Å². The number of carbonyl (C=O) groups is 4. The van der Waals surface area contributed by atoms with Gasteiger partial charge < -0.3 is 19.7 Å². The highest BCUT2D eigenvalue weighted by atomic mass is 16.5. The lowest BCUT2D eigenvalue weighted by Gasteiger charge is -2.16. The van der Waals surface area contributed by atoms with E-state index in [9.17, 15) is 29.4 Å². The fraction of sp³-hybridized carbons (Fsp3) is 0.267. The summed E-state index contributed by atoms with van der Waals surface area (Å²) in [6.45, 7) is 5.46. The highest BCUT2D eigenvalue weighted by Gasteiger charge is 2.26. The van der Waals surface area contributed by atoms with Gasteiger partial charge in [-0.25, -0.2) is 9.59 Å². The van der Waals surface area contributed by atoms with E-state index in [4.69, 9.17) is 9.47 Å². The third-order valence-electron chi connectivity index (χ3n) is 5.59. The van der Waals surface area contributed by atoms with Gasteiger partial charge in [0.05, 0.1) is 11.1 Å². The fourth-order valence-corrected chi connectivity index (χ4v) is 3.52. The van der Waals surface area contributed by atoms with Crippen LogP contribution < -0.4 is 0 Å². The van der Waals surface area contributed by atoms with Crippen LogP contribution in [0.25, 0.3) is 0 Å². The normalized spacial score (nSPS) is 11.5. The molecule has 0 heterocycles. The van der Waals surface area contributed by atoms with Gasteiger partial charge >= 0.3 is 11.9 Å². The van der Waals surface area contributed by atoms with Gasteiger partial charge in [-0.2, -0.15) is 0 Å². The van der Waals surface area contributed by atoms with E-state index in [2.05, 4.69) is 0 Å². The van der Waals surface area contributed by atoms with Crippen LogP contribution in [0.3, 0.4) is 0 Å². The van der Waals surface area contributed by atoms with Crippen LogP contribution in [0.5, 0.6) is 0 Å². The van der Waals surface area contributed by atoms with Gasteiger partial charge in [0.2, 0.25) is 0 Å². The molecule has 0 aliphatic rings. The second-order valence-corrected chi connectivity index (χ2v) is 9.91. The van der Waals surface area contributed by atoms with E-state index in [0.29, 0.717) is 22.3 Å². The summed E-state index contributed by atoms with van der Waals surface area (Å²) in [5.74, 6) is -2.11. The lowest BCUT2D eigenvalue weighted by molar-refractivity contribution is 0.0456. The molecule has 3 rings (SSSR count). The Kier molecular flexibility index (Phi) is 8.60. The van der Waals surface area contributed by atoms with Gasteiger partial charge in [0.15, 0.2) is 11.6 Å². The van der Waals surface area contributed by atoms with Crippen molar-refractivity contribution in [1.82, 2.24) is 0 Å². The summed E-state index contributed by atoms with van der Waals surface area (Å²) in [6, 6.07) is 18.7. The summed E-state index contributed by atoms with van der Waals surface area (Å²) in [5.41, 5.74) is -0.791. The molecule has 8 heteroatoms. The smallest absolute Gasteiger partial charge is 0.338 e. The monoisotopic (exact) mass is 518 g/mol. The van der Waals surface area contributed by atoms with Crippen molar-refractivity contribution in [2.24, 2.45) is 0 Å². The Morgan fingerprint density at radius 3 is 1.24 bits per heavy atom. The molecule has 0 aliphatic heterocycles. The van der Waals surface area contributed by atoms with E-state index in [-0.39, 0.29) is 24.3 Å². The summed E-state index contributed by atoms with van der Waals surface area (Å²) in [7, 11) is 0. The molecule has 0 unspecified atom stereocenters. The molecule has 0 bridgehead atoms. The first kappa shape index (κ1) is 28.4. The number of carbonyl (C=O) groups excluding carboxylic acids is 4. The minimum Gasteiger partial charge on any atom is -0.457 e. The third-order valence-corrected chi connectivity index (χ3v) is 5.59. The zero-order valence-electron chi connectivity index (χ0n) is 21.7. The minimum atomic E-state index is -1.52. The maximum atomic E-state index is 12.5. The van der Waals surface area contributed by atoms with E-state index >= 15 is 0 Å². The molecular formula is C30H30O8. The van der Waals surface area contributed by atoms with Crippen molar-refractivity contribution in [3.63, 3.8) is 0 Å². The molecule has 0 radical (unpaired) electrons. The molecule has 0 aromatic heterocycles. The summed E-state index contributed by atoms with van der Waals surface area (Å²) < 4.78 is 10.6. The Bertz CT molecular complexity index is 1240. The minimum absolute atomic E-state index is 0.0787. The topological polar surface area (TPSA) is 127 Å². The maximum absolute atomic E-state index is 12.5. The number of ketones is 2. The molecule has 0 saturated heterocycles. The maximum Gasteiger partial charge on any atom is 0.338 e. The Morgan fingerprint density at radius 1 is 0.579 bits per heavy atom. The number of aliphatic hydroxyl groups is 2. The molecule has 3 aromatic rings. The van der Waals surface area contributed by atoms with Gasteiger partial charge in [-0.1, -0.05) is 36.4 Å². The molecule has 0 spiro atoms. The number of benzene rings is 3. The van der Waals surface area contributed by atoms with E-state index in [0.717, 1.165) is 0 Å². The number of esters is 2. The van der Waals surface area contributed by atoms with Crippen molar-refractivity contribution in [3.8, 4) is 0 Å². The molecule has 0 saturated carbocycles. The summed E-state index contributed by atoms with van der Waals surface area (Å²) >= 11 is 0. The highest BCUT2D eigenvalue weighted by Crippen LogP contribution is 2.17. The predicted octanol–water partition coefficient (Wildman–Crippen LogP) is 4.31. The van der Waals surface area contributed by atoms with E-state index < -0.39 is 34.7 Å². The summed E-state index contributed by atoms with van der Waals surface area (Å²) in [4.78, 5) is 49.4. The number of rotatable bonds is 10. The van der Waals surface area contributed by atoms with Gasteiger partial charge in [0.25, 0.3) is 0 Å². The van der Waals surface area contributed by atoms with E-state index in [1.54, 1.807) is 48.5 Å². The van der Waals surface area contributed by atoms with Crippen LogP contribution in [0.1, 0.15) is 80.3 Å². The Balaban J connectivity index is 1.57. The van der Waals surface area contributed by atoms with Gasteiger partial charge in [-0.05, 0) is 75.2 Å². The molecule has 3 aromatic carbocycles. The first-order valence-corrected chi connectivity index (χ1v) is 11.9. The molecule has 198 valence electrons. The number of ether oxygens (including phenoxy) is 2. The Labute approximate surface area is 220 Å². The summed E-state index contributed by atoms with van der Waals surface area (Å²) in [5, 5.41) is 19.8. The van der Waals surface area contributed by atoms with Crippen molar-refractivity contribution in [2.45, 2.75) is 52.1 Å². The van der Waals surface area contributed by atoms with Gasteiger partial charge in [0, 0.05) is 11.1 Å². The number of hydrogen-bond acceptors (Lipinski definition) is 8. The van der Waals surface area contributed by atoms with Crippen LogP contribution in [0, 0.1) is 0 Å². The Hall–Kier alpha value is -4.14. The highest BCUT2D eigenvalue weighted by molar-refractivity contribution is 6.02. The van der Waals surface area contributed by atoms with E-state index in [1.807, 2.05) is 0 Å². The van der Waals surface area contributed by atoms with E-state index in [1.165, 1.54) is 52.0 Å². The van der Waals surface area contributed by atoms with Gasteiger partial charge in [0.1, 0.15) is 24.4 Å². The molecule has 0 fully saturated rings. The van der Waals surface area contributed by atoms with Crippen LogP contribution in [0.4, 0.5) is 0 Å². The number of Topliss-reactive ketones (excluding diaryl/α,β-unsaturated/α-hetero) is 2. The number of hydrogen-bond donors (Lipinski definition) is 2. The average Bonchev–Trinajstić information content (AvgIpc) is 2.88. The standard InChI is InChI=1S/C30H30O8/c1-29(2,35)25(31)23-9-5-7-19(15-23)17-37-27(33)21-11-13-22(14-12-21)28(34)38-18-20-8-6-10-24(16-20)26(32)30(3,4)36/h5-16,35-36H,17-18H2,1-4H3. The van der Waals surface area contributed by atoms with Crippen molar-refractivity contribution in [2.75, 3.05) is 0 Å². The SMILES string of the molecule is CC(C)(O)C(=O)c1cccc(COC(=O)c2ccc(C(=O)OCc3cccc(C(=O)C(C)(C)O)c3)cc2)c1. The molecule has 0 amide bonds. The van der Waals surface area contributed by atoms with Crippen LogP contribution >= 0.6 is 0 Å². The quantitative estimate of drug-likeness (QED) is 0.300. The molecule has 0 aliphatic carbocycles. The van der Waals surface area contributed by atoms with Crippen LogP contribution in [-0.2, 0) is 22.7 Å². The average molecular weight is 519 g/mol. The lowest BCUT2D eigenvalue weighted by Crippen LogP contribution is -2.31. The van der Waals surface area contributed by atoms with Crippen LogP contribution in [0.2, 0.25) is 0 Å².